The van der Waals surface area contributed by atoms with Gasteiger partial charge in [-0.2, -0.15) is 15.1 Å². The van der Waals surface area contributed by atoms with Crippen LogP contribution in [0.4, 0.5) is 22.2 Å². The summed E-state index contributed by atoms with van der Waals surface area (Å²) in [6, 6.07) is 7.20. The van der Waals surface area contributed by atoms with Crippen LogP contribution in [0.1, 0.15) is 6.92 Å². The third-order valence-electron chi connectivity index (χ3n) is 5.12. The maximum Gasteiger partial charge on any atom is 0.321 e. The number of methoxy groups -OCH3 is 1. The fraction of sp³-hybridized carbons (Fsp3) is 0.368. The van der Waals surface area contributed by atoms with Gasteiger partial charge in [-0.25, -0.2) is 4.79 Å². The third-order valence-corrected chi connectivity index (χ3v) is 5.12. The second-order valence-corrected chi connectivity index (χ2v) is 7.06. The van der Waals surface area contributed by atoms with Crippen LogP contribution < -0.4 is 20.7 Å². The number of nitrogen functional groups attached to an aromatic ring is 1. The molecule has 29 heavy (non-hydrogen) atoms. The molecule has 1 aromatic carbocycles. The molecule has 152 valence electrons. The molecule has 1 saturated heterocycles. The third kappa shape index (κ3) is 3.60. The maximum absolute atomic E-state index is 12.7. The largest absolute Gasteiger partial charge is 0.497 e. The number of hydrogen-bond acceptors (Lipinski definition) is 7. The zero-order valence-electron chi connectivity index (χ0n) is 16.7. The number of benzene rings is 1. The summed E-state index contributed by atoms with van der Waals surface area (Å²) in [4.78, 5) is 25.4. The smallest absolute Gasteiger partial charge is 0.321 e. The molecule has 0 bridgehead atoms. The number of nitrogens with one attached hydrogen (secondary N) is 1. The topological polar surface area (TPSA) is 114 Å². The van der Waals surface area contributed by atoms with Crippen LogP contribution in [0.15, 0.2) is 30.5 Å². The van der Waals surface area contributed by atoms with Gasteiger partial charge in [0.1, 0.15) is 11.6 Å². The number of nitrogens with zero attached hydrogens (tertiary/aromatic N) is 6. The molecule has 4 rings (SSSR count). The summed E-state index contributed by atoms with van der Waals surface area (Å²) in [5.41, 5.74) is 7.34. The van der Waals surface area contributed by atoms with E-state index in [1.54, 1.807) is 22.9 Å². The van der Waals surface area contributed by atoms with Crippen LogP contribution >= 0.6 is 0 Å². The molecule has 2 amide bonds. The van der Waals surface area contributed by atoms with Crippen LogP contribution in [0.5, 0.6) is 5.75 Å². The van der Waals surface area contributed by atoms with E-state index >= 15 is 0 Å². The lowest BCUT2D eigenvalue weighted by Gasteiger charge is -2.40. The molecule has 10 nitrogen and oxygen atoms in total. The van der Waals surface area contributed by atoms with Crippen LogP contribution in [-0.4, -0.2) is 63.5 Å². The summed E-state index contributed by atoms with van der Waals surface area (Å²) in [5.74, 6) is 1.71. The number of rotatable bonds is 3. The van der Waals surface area contributed by atoms with Gasteiger partial charge in [0, 0.05) is 38.4 Å². The molecule has 0 aliphatic carbocycles. The number of aromatic nitrogens is 4. The van der Waals surface area contributed by atoms with Crippen molar-refractivity contribution >= 4 is 34.5 Å². The zero-order valence-corrected chi connectivity index (χ0v) is 16.7. The van der Waals surface area contributed by atoms with Crippen molar-refractivity contribution in [3.05, 3.63) is 30.5 Å². The predicted octanol–water partition coefficient (Wildman–Crippen LogP) is 1.70. The summed E-state index contributed by atoms with van der Waals surface area (Å²) >= 11 is 0. The van der Waals surface area contributed by atoms with Crippen molar-refractivity contribution in [2.24, 2.45) is 7.05 Å². The fourth-order valence-corrected chi connectivity index (χ4v) is 3.58. The average Bonchev–Trinajstić information content (AvgIpc) is 3.08. The highest BCUT2D eigenvalue weighted by Gasteiger charge is 2.29. The molecule has 1 aliphatic heterocycles. The van der Waals surface area contributed by atoms with E-state index in [4.69, 9.17) is 10.5 Å². The van der Waals surface area contributed by atoms with Crippen molar-refractivity contribution in [2.75, 3.05) is 42.7 Å². The lowest BCUT2D eigenvalue weighted by Crippen LogP contribution is -2.55. The van der Waals surface area contributed by atoms with Gasteiger partial charge in [0.25, 0.3) is 0 Å². The number of aryl methyl sites for hydroxylation is 1. The van der Waals surface area contributed by atoms with Crippen molar-refractivity contribution < 1.29 is 9.53 Å². The van der Waals surface area contributed by atoms with E-state index in [1.165, 1.54) is 0 Å². The van der Waals surface area contributed by atoms with Crippen molar-refractivity contribution in [3.8, 4) is 5.75 Å². The summed E-state index contributed by atoms with van der Waals surface area (Å²) in [6.07, 6.45) is 1.75. The second kappa shape index (κ2) is 7.46. The fourth-order valence-electron chi connectivity index (χ4n) is 3.58. The molecular weight excluding hydrogens is 372 g/mol. The highest BCUT2D eigenvalue weighted by atomic mass is 16.5. The van der Waals surface area contributed by atoms with E-state index in [-0.39, 0.29) is 18.0 Å². The van der Waals surface area contributed by atoms with Gasteiger partial charge in [0.15, 0.2) is 5.65 Å². The van der Waals surface area contributed by atoms with Gasteiger partial charge in [-0.1, -0.05) is 0 Å². The molecule has 10 heteroatoms. The average molecular weight is 396 g/mol. The molecule has 0 unspecified atom stereocenters. The summed E-state index contributed by atoms with van der Waals surface area (Å²) in [5, 5.41) is 8.05. The van der Waals surface area contributed by atoms with Crippen LogP contribution in [-0.2, 0) is 7.05 Å². The zero-order chi connectivity index (χ0) is 20.5. The number of nitrogens with two attached hydrogens (primary N) is 1. The highest BCUT2D eigenvalue weighted by Crippen LogP contribution is 2.27. The van der Waals surface area contributed by atoms with Crippen molar-refractivity contribution in [3.63, 3.8) is 0 Å². The number of anilines is 3. The first-order valence-electron chi connectivity index (χ1n) is 9.38. The van der Waals surface area contributed by atoms with E-state index in [9.17, 15) is 4.79 Å². The number of carbonyl (C=O) groups excluding carboxylic acids is 1. The van der Waals surface area contributed by atoms with Gasteiger partial charge in [-0.3, -0.25) is 4.68 Å². The monoisotopic (exact) mass is 396 g/mol. The first kappa shape index (κ1) is 18.8. The van der Waals surface area contributed by atoms with Gasteiger partial charge >= 0.3 is 6.03 Å². The van der Waals surface area contributed by atoms with Gasteiger partial charge in [-0.05, 0) is 31.2 Å². The SMILES string of the molecule is COc1ccc(NC(=O)N2CCN(c3nc(N)nc4c3cnn4C)[C@@H](C)C2)cc1. The van der Waals surface area contributed by atoms with Crippen molar-refractivity contribution in [1.82, 2.24) is 24.6 Å². The van der Waals surface area contributed by atoms with E-state index in [1.807, 2.05) is 31.3 Å². The first-order valence-corrected chi connectivity index (χ1v) is 9.38. The molecule has 3 aromatic rings. The van der Waals surface area contributed by atoms with Crippen molar-refractivity contribution in [2.45, 2.75) is 13.0 Å². The minimum atomic E-state index is -0.129. The van der Waals surface area contributed by atoms with Gasteiger partial charge in [-0.15, -0.1) is 0 Å². The molecule has 1 aliphatic rings. The molecule has 0 radical (unpaired) electrons. The van der Waals surface area contributed by atoms with E-state index in [0.29, 0.717) is 25.3 Å². The molecule has 3 N–H and O–H groups in total. The van der Waals surface area contributed by atoms with Crippen molar-refractivity contribution in [1.29, 1.82) is 0 Å². The second-order valence-electron chi connectivity index (χ2n) is 7.06. The lowest BCUT2D eigenvalue weighted by atomic mass is 10.2. The Balaban J connectivity index is 1.47. The normalized spacial score (nSPS) is 16.9. The Morgan fingerprint density at radius 1 is 1.24 bits per heavy atom. The van der Waals surface area contributed by atoms with Crippen LogP contribution in [0.2, 0.25) is 0 Å². The van der Waals surface area contributed by atoms with Crippen LogP contribution in [0, 0.1) is 0 Å². The first-order chi connectivity index (χ1) is 14.0. The van der Waals surface area contributed by atoms with Gasteiger partial charge in [0.2, 0.25) is 5.95 Å². The minimum absolute atomic E-state index is 0.0584. The standard InChI is InChI=1S/C19H24N8O2/c1-12-11-26(19(28)22-13-4-6-14(29-3)7-5-13)8-9-27(12)17-15-10-21-25(2)16(15)23-18(20)24-17/h4-7,10,12H,8-9,11H2,1-3H3,(H,22,28)(H2,20,23,24)/t12-/m0/s1. The Morgan fingerprint density at radius 3 is 2.69 bits per heavy atom. The molecule has 1 atom stereocenters. The number of urea groups is 1. The summed E-state index contributed by atoms with van der Waals surface area (Å²) in [7, 11) is 3.43. The molecule has 1 fully saturated rings. The maximum atomic E-state index is 12.7. The Kier molecular flexibility index (Phi) is 4.83. The lowest BCUT2D eigenvalue weighted by molar-refractivity contribution is 0.200. The molecule has 0 saturated carbocycles. The Bertz CT molecular complexity index is 1030. The Morgan fingerprint density at radius 2 is 2.00 bits per heavy atom. The number of piperazine rings is 1. The number of carbonyl (C=O) groups is 1. The molecule has 2 aromatic heterocycles. The molecular formula is C19H24N8O2. The quantitative estimate of drug-likeness (QED) is 0.692. The summed E-state index contributed by atoms with van der Waals surface area (Å²) < 4.78 is 6.83. The van der Waals surface area contributed by atoms with E-state index < -0.39 is 0 Å². The van der Waals surface area contributed by atoms with E-state index in [0.717, 1.165) is 22.6 Å². The van der Waals surface area contributed by atoms with Gasteiger partial charge in [0.05, 0.1) is 18.7 Å². The molecule has 0 spiro atoms. The number of fused-ring (bicyclic) bond motifs is 1. The van der Waals surface area contributed by atoms with Crippen LogP contribution in [0.3, 0.4) is 0 Å². The Hall–Kier alpha value is -3.56. The van der Waals surface area contributed by atoms with Gasteiger partial charge < -0.3 is 25.6 Å². The van der Waals surface area contributed by atoms with Crippen LogP contribution in [0.25, 0.3) is 11.0 Å². The predicted molar refractivity (Wildman–Crippen MR) is 111 cm³/mol. The number of hydrogen-bond donors (Lipinski definition) is 2. The van der Waals surface area contributed by atoms with E-state index in [2.05, 4.69) is 32.2 Å². The minimum Gasteiger partial charge on any atom is -0.497 e. The number of ether oxygens (including phenoxy) is 1. The number of amides is 2. The summed E-state index contributed by atoms with van der Waals surface area (Å²) in [6.45, 7) is 3.83. The Labute approximate surface area is 168 Å². The molecule has 3 heterocycles. The highest BCUT2D eigenvalue weighted by molar-refractivity contribution is 5.90.